The molecule has 0 N–H and O–H groups in total. The highest BCUT2D eigenvalue weighted by molar-refractivity contribution is 9.10. The van der Waals surface area contributed by atoms with Crippen molar-refractivity contribution in [1.29, 1.82) is 0 Å². The van der Waals surface area contributed by atoms with E-state index in [4.69, 9.17) is 0 Å². The maximum Gasteiger partial charge on any atom is 0.0538 e. The molecule has 3 aromatic rings. The Morgan fingerprint density at radius 2 is 1.91 bits per heavy atom. The van der Waals surface area contributed by atoms with E-state index in [1.54, 1.807) is 0 Å². The second kappa shape index (κ2) is 4.99. The Hall–Kier alpha value is -2.06. The fourth-order valence-corrected chi connectivity index (χ4v) is 3.85. The molecule has 0 aliphatic heterocycles. The van der Waals surface area contributed by atoms with E-state index < -0.39 is 0 Å². The minimum Gasteiger partial charge on any atom is -0.313 e. The highest BCUT2D eigenvalue weighted by Crippen LogP contribution is 2.42. The Balaban J connectivity index is 2.14. The Morgan fingerprint density at radius 1 is 1.14 bits per heavy atom. The molecule has 1 aliphatic carbocycles. The molecular weight excluding hydrogens is 334 g/mol. The Bertz CT molecular complexity index is 929. The van der Waals surface area contributed by atoms with Gasteiger partial charge in [-0.1, -0.05) is 52.4 Å². The number of hydrogen-bond donors (Lipinski definition) is 0. The van der Waals surface area contributed by atoms with Crippen molar-refractivity contribution in [3.8, 4) is 5.69 Å². The van der Waals surface area contributed by atoms with E-state index in [0.717, 1.165) is 10.9 Å². The summed E-state index contributed by atoms with van der Waals surface area (Å²) in [6, 6.07) is 17.1. The second-order valence-corrected chi connectivity index (χ2v) is 6.64. The molecule has 108 valence electrons. The van der Waals surface area contributed by atoms with Crippen LogP contribution in [0.5, 0.6) is 0 Å². The van der Waals surface area contributed by atoms with Crippen molar-refractivity contribution in [2.75, 3.05) is 0 Å². The van der Waals surface area contributed by atoms with E-state index in [9.17, 15) is 0 Å². The molecule has 2 heteroatoms. The van der Waals surface area contributed by atoms with Gasteiger partial charge in [0.15, 0.2) is 0 Å². The van der Waals surface area contributed by atoms with Gasteiger partial charge >= 0.3 is 0 Å². The molecule has 0 saturated heterocycles. The van der Waals surface area contributed by atoms with Gasteiger partial charge in [0.2, 0.25) is 0 Å². The molecule has 1 nitrogen and oxygen atoms in total. The predicted molar refractivity (Wildman–Crippen MR) is 97.5 cm³/mol. The number of nitrogens with zero attached hydrogens (tertiary/aromatic N) is 1. The lowest BCUT2D eigenvalue weighted by molar-refractivity contribution is 0.989. The average molecular weight is 350 g/mol. The van der Waals surface area contributed by atoms with Crippen LogP contribution in [0.2, 0.25) is 0 Å². The van der Waals surface area contributed by atoms with Crippen molar-refractivity contribution in [1.82, 2.24) is 4.57 Å². The third kappa shape index (κ3) is 1.84. The summed E-state index contributed by atoms with van der Waals surface area (Å²) in [7, 11) is 0. The molecule has 0 amide bonds. The standard InChI is InChI=1S/C20H16BrN/c1-3-16-13(2)11-19-20(16)17-12-14(21)9-10-18(17)22(19)15-7-5-4-6-8-15/h3-10,12H,1,11H2,2H3. The first-order chi connectivity index (χ1) is 10.7. The normalized spacial score (nSPS) is 13.7. The summed E-state index contributed by atoms with van der Waals surface area (Å²) in [4.78, 5) is 0. The highest BCUT2D eigenvalue weighted by Gasteiger charge is 2.26. The summed E-state index contributed by atoms with van der Waals surface area (Å²) in [5.41, 5.74) is 7.86. The Labute approximate surface area is 138 Å². The van der Waals surface area contributed by atoms with E-state index in [2.05, 4.69) is 82.5 Å². The van der Waals surface area contributed by atoms with Gasteiger partial charge in [0.25, 0.3) is 0 Å². The number of aromatic nitrogens is 1. The van der Waals surface area contributed by atoms with Gasteiger partial charge in [-0.05, 0) is 42.8 Å². The van der Waals surface area contributed by atoms with Crippen LogP contribution in [0.15, 0.2) is 71.2 Å². The zero-order valence-electron chi connectivity index (χ0n) is 12.4. The summed E-state index contributed by atoms with van der Waals surface area (Å²) in [6.45, 7) is 6.23. The molecule has 0 spiro atoms. The number of para-hydroxylation sites is 1. The molecule has 1 aromatic heterocycles. The Kier molecular flexibility index (Phi) is 3.08. The number of allylic oxidation sites excluding steroid dienone is 3. The van der Waals surface area contributed by atoms with Gasteiger partial charge in [-0.3, -0.25) is 0 Å². The Morgan fingerprint density at radius 3 is 2.64 bits per heavy atom. The van der Waals surface area contributed by atoms with Gasteiger partial charge in [-0.2, -0.15) is 0 Å². The first kappa shape index (κ1) is 13.6. The molecule has 0 radical (unpaired) electrons. The number of rotatable bonds is 2. The summed E-state index contributed by atoms with van der Waals surface area (Å²) >= 11 is 3.61. The van der Waals surface area contributed by atoms with E-state index in [1.807, 2.05) is 6.08 Å². The van der Waals surface area contributed by atoms with E-state index in [1.165, 1.54) is 39.0 Å². The van der Waals surface area contributed by atoms with Gasteiger partial charge in [-0.25, -0.2) is 0 Å². The van der Waals surface area contributed by atoms with E-state index in [0.29, 0.717) is 0 Å². The molecule has 0 saturated carbocycles. The predicted octanol–water partition coefficient (Wildman–Crippen LogP) is 5.91. The van der Waals surface area contributed by atoms with E-state index >= 15 is 0 Å². The molecule has 2 aromatic carbocycles. The molecule has 22 heavy (non-hydrogen) atoms. The quantitative estimate of drug-likeness (QED) is 0.542. The number of fused-ring (bicyclic) bond motifs is 3. The molecule has 0 bridgehead atoms. The summed E-state index contributed by atoms with van der Waals surface area (Å²) in [5, 5.41) is 1.29. The van der Waals surface area contributed by atoms with Gasteiger partial charge in [0.05, 0.1) is 5.52 Å². The summed E-state index contributed by atoms with van der Waals surface area (Å²) < 4.78 is 3.50. The lowest BCUT2D eigenvalue weighted by atomic mass is 10.1. The van der Waals surface area contributed by atoms with Crippen LogP contribution in [0.25, 0.3) is 22.2 Å². The van der Waals surface area contributed by atoms with Crippen LogP contribution in [-0.4, -0.2) is 4.57 Å². The van der Waals surface area contributed by atoms with Crippen molar-refractivity contribution < 1.29 is 0 Å². The zero-order chi connectivity index (χ0) is 15.3. The topological polar surface area (TPSA) is 4.93 Å². The molecule has 0 fully saturated rings. The largest absolute Gasteiger partial charge is 0.313 e. The van der Waals surface area contributed by atoms with Crippen LogP contribution in [0.3, 0.4) is 0 Å². The van der Waals surface area contributed by atoms with Crippen molar-refractivity contribution in [2.24, 2.45) is 0 Å². The van der Waals surface area contributed by atoms with Crippen molar-refractivity contribution >= 4 is 32.4 Å². The SMILES string of the molecule is C=CC1=C(C)Cc2c1c1cc(Br)ccc1n2-c1ccccc1. The third-order valence-corrected chi connectivity index (χ3v) is 4.90. The van der Waals surface area contributed by atoms with Crippen molar-refractivity contribution in [2.45, 2.75) is 13.3 Å². The molecule has 0 atom stereocenters. The zero-order valence-corrected chi connectivity index (χ0v) is 14.0. The summed E-state index contributed by atoms with van der Waals surface area (Å²) in [5.74, 6) is 0. The fraction of sp³-hybridized carbons (Fsp3) is 0.100. The maximum absolute atomic E-state index is 4.02. The monoisotopic (exact) mass is 349 g/mol. The first-order valence-corrected chi connectivity index (χ1v) is 8.21. The van der Waals surface area contributed by atoms with Gasteiger partial charge in [0.1, 0.15) is 0 Å². The fourth-order valence-electron chi connectivity index (χ4n) is 3.49. The van der Waals surface area contributed by atoms with Crippen LogP contribution < -0.4 is 0 Å². The molecular formula is C20H16BrN. The summed E-state index contributed by atoms with van der Waals surface area (Å²) in [6.07, 6.45) is 2.98. The minimum atomic E-state index is 0.984. The van der Waals surface area contributed by atoms with Crippen LogP contribution in [0.4, 0.5) is 0 Å². The van der Waals surface area contributed by atoms with Crippen molar-refractivity contribution in [3.05, 3.63) is 82.5 Å². The average Bonchev–Trinajstić information content (AvgIpc) is 3.00. The molecule has 1 heterocycles. The van der Waals surface area contributed by atoms with Crippen LogP contribution in [0.1, 0.15) is 18.2 Å². The number of halogens is 1. The van der Waals surface area contributed by atoms with Gasteiger partial charge < -0.3 is 4.57 Å². The van der Waals surface area contributed by atoms with Gasteiger partial charge in [0, 0.05) is 33.2 Å². The lowest BCUT2D eigenvalue weighted by Gasteiger charge is -2.10. The van der Waals surface area contributed by atoms with Crippen LogP contribution in [-0.2, 0) is 6.42 Å². The lowest BCUT2D eigenvalue weighted by Crippen LogP contribution is -1.99. The first-order valence-electron chi connectivity index (χ1n) is 7.41. The second-order valence-electron chi connectivity index (χ2n) is 5.73. The number of hydrogen-bond acceptors (Lipinski definition) is 0. The van der Waals surface area contributed by atoms with Crippen LogP contribution >= 0.6 is 15.9 Å². The van der Waals surface area contributed by atoms with Gasteiger partial charge in [-0.15, -0.1) is 0 Å². The number of benzene rings is 2. The van der Waals surface area contributed by atoms with Crippen molar-refractivity contribution in [3.63, 3.8) is 0 Å². The molecule has 4 rings (SSSR count). The highest BCUT2D eigenvalue weighted by atomic mass is 79.9. The third-order valence-electron chi connectivity index (χ3n) is 4.41. The molecule has 1 aliphatic rings. The maximum atomic E-state index is 4.02. The van der Waals surface area contributed by atoms with E-state index in [-0.39, 0.29) is 0 Å². The minimum absolute atomic E-state index is 0.984. The smallest absolute Gasteiger partial charge is 0.0538 e. The van der Waals surface area contributed by atoms with Crippen LogP contribution in [0, 0.1) is 0 Å². The molecule has 0 unspecified atom stereocenters.